The standard InChI is InChI=1S/C78H83N4O2/c1-73(2,3)48-30-33-55(62(42-48)77(13,14)15)60-40-51(76(10,11)12)41-61(56-34-31-49(74(4,5)6)43-63(56)78(16,17)18)71(60)81-47-80(64-27-20-21-28-65(64)81)52-24-23-25-53(45-52)83-54-32-35-57-58-36-37-68-70(59-26-19-22-29-67(59)84-68)72(58)82(66(57)46-54)69-44-50(38-39-79-69)75(7,8)9/h19-47H,1-18H3/q+1. The van der Waals surface area contributed by atoms with E-state index in [2.05, 4.69) is 296 Å². The molecule has 6 nitrogen and oxygen atoms in total. The molecule has 0 unspecified atom stereocenters. The minimum absolute atomic E-state index is 0.0250. The largest absolute Gasteiger partial charge is 0.457 e. The summed E-state index contributed by atoms with van der Waals surface area (Å²) in [5.74, 6) is 2.30. The van der Waals surface area contributed by atoms with E-state index < -0.39 is 0 Å². The second-order valence-corrected chi connectivity index (χ2v) is 29.7. The highest BCUT2D eigenvalue weighted by Crippen LogP contribution is 2.47. The van der Waals surface area contributed by atoms with E-state index in [1.165, 1.54) is 55.6 Å². The van der Waals surface area contributed by atoms with Crippen LogP contribution < -0.4 is 9.30 Å². The molecule has 426 valence electrons. The van der Waals surface area contributed by atoms with Gasteiger partial charge in [0, 0.05) is 45.6 Å². The molecular weight excluding hydrogens is 1020 g/mol. The van der Waals surface area contributed by atoms with Gasteiger partial charge in [-0.3, -0.25) is 4.57 Å². The lowest BCUT2D eigenvalue weighted by Gasteiger charge is -2.31. The monoisotopic (exact) mass is 1110 g/mol. The third kappa shape index (κ3) is 9.99. The lowest BCUT2D eigenvalue weighted by Crippen LogP contribution is -2.32. The molecule has 0 fully saturated rings. The van der Waals surface area contributed by atoms with Gasteiger partial charge in [0.05, 0.1) is 16.4 Å². The molecule has 84 heavy (non-hydrogen) atoms. The van der Waals surface area contributed by atoms with Crippen molar-refractivity contribution in [1.82, 2.24) is 14.1 Å². The number of benzene rings is 8. The van der Waals surface area contributed by atoms with Crippen molar-refractivity contribution in [2.45, 2.75) is 157 Å². The van der Waals surface area contributed by atoms with Crippen molar-refractivity contribution in [3.05, 3.63) is 210 Å². The van der Waals surface area contributed by atoms with Gasteiger partial charge in [-0.25, -0.2) is 4.98 Å². The highest BCUT2D eigenvalue weighted by atomic mass is 16.5. The van der Waals surface area contributed by atoms with Gasteiger partial charge in [0.15, 0.2) is 11.0 Å². The van der Waals surface area contributed by atoms with Gasteiger partial charge in [0.1, 0.15) is 39.9 Å². The number of ether oxygens (including phenoxy) is 1. The summed E-state index contributed by atoms with van der Waals surface area (Å²) in [5.41, 5.74) is 20.2. The minimum atomic E-state index is -0.160. The second-order valence-electron chi connectivity index (χ2n) is 29.7. The number of imidazole rings is 1. The van der Waals surface area contributed by atoms with Gasteiger partial charge in [0.25, 0.3) is 6.33 Å². The van der Waals surface area contributed by atoms with Crippen molar-refractivity contribution in [2.75, 3.05) is 0 Å². The highest BCUT2D eigenvalue weighted by Gasteiger charge is 2.34. The topological polar surface area (TPSA) is 49.0 Å². The first-order valence-corrected chi connectivity index (χ1v) is 30.1. The summed E-state index contributed by atoms with van der Waals surface area (Å²) in [5, 5.41) is 4.38. The Bertz CT molecular complexity index is 4470. The molecule has 6 heteroatoms. The van der Waals surface area contributed by atoms with Gasteiger partial charge < -0.3 is 9.15 Å². The number of nitrogens with zero attached hydrogens (tertiary/aromatic N) is 4. The first-order valence-electron chi connectivity index (χ1n) is 30.1. The van der Waals surface area contributed by atoms with Crippen LogP contribution in [0.5, 0.6) is 11.5 Å². The Morgan fingerprint density at radius 3 is 1.61 bits per heavy atom. The molecular formula is C78H83N4O2+. The van der Waals surface area contributed by atoms with E-state index in [-0.39, 0.29) is 32.5 Å². The maximum atomic E-state index is 7.04. The first-order chi connectivity index (χ1) is 39.4. The Morgan fingerprint density at radius 1 is 0.417 bits per heavy atom. The van der Waals surface area contributed by atoms with Crippen molar-refractivity contribution in [3.63, 3.8) is 0 Å². The fourth-order valence-corrected chi connectivity index (χ4v) is 12.4. The zero-order chi connectivity index (χ0) is 59.8. The lowest BCUT2D eigenvalue weighted by atomic mass is 9.74. The van der Waals surface area contributed by atoms with Crippen LogP contribution in [-0.4, -0.2) is 14.1 Å². The summed E-state index contributed by atoms with van der Waals surface area (Å²) < 4.78 is 20.7. The quantitative estimate of drug-likeness (QED) is 0.149. The molecule has 0 saturated carbocycles. The SMILES string of the molecule is CC(C)(C)c1ccnc(-n2c3cc(Oc4cccc(-n5c[n+](-c6c(-c7ccc(C(C)(C)C)cc7C(C)(C)C)cc(C(C)(C)C)cc6-c6ccc(C(C)(C)C)cc6C(C)(C)C)c6ccccc65)c4)ccc3c3ccc4oc5ccccc5c4c32)c1. The predicted octanol–water partition coefficient (Wildman–Crippen LogP) is 21.2. The Kier molecular flexibility index (Phi) is 13.2. The second kappa shape index (κ2) is 19.7. The maximum Gasteiger partial charge on any atom is 0.255 e. The molecule has 12 aromatic rings. The van der Waals surface area contributed by atoms with Crippen LogP contribution in [0.4, 0.5) is 0 Å². The molecule has 0 radical (unpaired) electrons. The Labute approximate surface area is 497 Å². The normalized spacial score (nSPS) is 13.1. The molecule has 0 spiro atoms. The van der Waals surface area contributed by atoms with Crippen molar-refractivity contribution in [2.24, 2.45) is 0 Å². The van der Waals surface area contributed by atoms with Gasteiger partial charge in [-0.1, -0.05) is 197 Å². The van der Waals surface area contributed by atoms with Gasteiger partial charge in [-0.05, 0) is 156 Å². The lowest BCUT2D eigenvalue weighted by molar-refractivity contribution is -0.566. The number of pyridine rings is 1. The fourth-order valence-electron chi connectivity index (χ4n) is 12.4. The van der Waals surface area contributed by atoms with Crippen LogP contribution in [0.3, 0.4) is 0 Å². The Hall–Kier alpha value is -8.22. The smallest absolute Gasteiger partial charge is 0.255 e. The van der Waals surface area contributed by atoms with Gasteiger partial charge in [-0.15, -0.1) is 0 Å². The number of hydrogen-bond donors (Lipinski definition) is 0. The van der Waals surface area contributed by atoms with Crippen molar-refractivity contribution >= 4 is 54.8 Å². The van der Waals surface area contributed by atoms with Gasteiger partial charge in [0.2, 0.25) is 0 Å². The Balaban J connectivity index is 1.07. The summed E-state index contributed by atoms with van der Waals surface area (Å²) in [6.07, 6.45) is 4.25. The number of furan rings is 1. The average Bonchev–Trinajstić information content (AvgIpc) is 1.52. The van der Waals surface area contributed by atoms with E-state index in [0.29, 0.717) is 0 Å². The zero-order valence-electron chi connectivity index (χ0n) is 52.8. The van der Waals surface area contributed by atoms with E-state index in [1.807, 2.05) is 18.3 Å². The zero-order valence-corrected chi connectivity index (χ0v) is 52.8. The summed E-state index contributed by atoms with van der Waals surface area (Å²) in [6, 6.07) is 60.4. The van der Waals surface area contributed by atoms with E-state index in [1.54, 1.807) is 0 Å². The molecule has 8 aromatic carbocycles. The molecule has 12 rings (SSSR count). The van der Waals surface area contributed by atoms with Crippen LogP contribution in [0.1, 0.15) is 158 Å². The van der Waals surface area contributed by atoms with Crippen LogP contribution in [0, 0.1) is 0 Å². The molecule has 4 heterocycles. The number of para-hydroxylation sites is 3. The molecule has 0 amide bonds. The highest BCUT2D eigenvalue weighted by molar-refractivity contribution is 6.24. The molecule has 0 saturated heterocycles. The number of hydrogen-bond acceptors (Lipinski definition) is 3. The van der Waals surface area contributed by atoms with Gasteiger partial charge in [-0.2, -0.15) is 9.13 Å². The fraction of sp³-hybridized carbons (Fsp3) is 0.308. The van der Waals surface area contributed by atoms with Crippen molar-refractivity contribution in [3.8, 4) is 50.9 Å². The molecule has 0 aliphatic rings. The van der Waals surface area contributed by atoms with Crippen LogP contribution in [-0.2, 0) is 32.5 Å². The van der Waals surface area contributed by atoms with Crippen molar-refractivity contribution < 1.29 is 13.7 Å². The molecule has 0 aliphatic carbocycles. The van der Waals surface area contributed by atoms with Crippen molar-refractivity contribution in [1.29, 1.82) is 0 Å². The van der Waals surface area contributed by atoms with Crippen LogP contribution >= 0.6 is 0 Å². The van der Waals surface area contributed by atoms with E-state index in [0.717, 1.165) is 83.5 Å². The third-order valence-electron chi connectivity index (χ3n) is 17.2. The number of rotatable bonds is 7. The molecule has 0 bridgehead atoms. The third-order valence-corrected chi connectivity index (χ3v) is 17.2. The van der Waals surface area contributed by atoms with Gasteiger partial charge >= 0.3 is 0 Å². The van der Waals surface area contributed by atoms with Crippen LogP contribution in [0.15, 0.2) is 181 Å². The summed E-state index contributed by atoms with van der Waals surface area (Å²) in [4.78, 5) is 5.08. The van der Waals surface area contributed by atoms with E-state index >= 15 is 0 Å². The van der Waals surface area contributed by atoms with Crippen LogP contribution in [0.25, 0.3) is 94.2 Å². The van der Waals surface area contributed by atoms with E-state index in [4.69, 9.17) is 14.1 Å². The first kappa shape index (κ1) is 56.3. The average molecular weight is 1110 g/mol. The number of fused-ring (bicyclic) bond motifs is 8. The number of aromatic nitrogens is 4. The van der Waals surface area contributed by atoms with E-state index in [9.17, 15) is 0 Å². The molecule has 0 atom stereocenters. The molecule has 0 aliphatic heterocycles. The maximum absolute atomic E-state index is 7.04. The summed E-state index contributed by atoms with van der Waals surface area (Å²) in [7, 11) is 0. The predicted molar refractivity (Wildman–Crippen MR) is 354 cm³/mol. The molecule has 0 N–H and O–H groups in total. The summed E-state index contributed by atoms with van der Waals surface area (Å²) in [6.45, 7) is 41.9. The molecule has 4 aromatic heterocycles. The minimum Gasteiger partial charge on any atom is -0.457 e. The summed E-state index contributed by atoms with van der Waals surface area (Å²) >= 11 is 0. The Morgan fingerprint density at radius 2 is 0.988 bits per heavy atom. The van der Waals surface area contributed by atoms with Crippen LogP contribution in [0.2, 0.25) is 0 Å².